The molecule has 0 radical (unpaired) electrons. The van der Waals surface area contributed by atoms with E-state index in [1.807, 2.05) is 31.2 Å². The van der Waals surface area contributed by atoms with E-state index in [-0.39, 0.29) is 22.3 Å². The summed E-state index contributed by atoms with van der Waals surface area (Å²) in [6, 6.07) is 11.2. The fourth-order valence-electron chi connectivity index (χ4n) is 2.21. The van der Waals surface area contributed by atoms with E-state index in [1.54, 1.807) is 23.7 Å². The van der Waals surface area contributed by atoms with Gasteiger partial charge in [0.05, 0.1) is 22.1 Å². The van der Waals surface area contributed by atoms with Gasteiger partial charge in [0.25, 0.3) is 0 Å². The van der Waals surface area contributed by atoms with Gasteiger partial charge < -0.3 is 0 Å². The van der Waals surface area contributed by atoms with E-state index in [0.29, 0.717) is 10.9 Å². The average Bonchev–Trinajstić information content (AvgIpc) is 2.48. The Morgan fingerprint density at radius 2 is 1.30 bits per heavy atom. The largest absolute Gasteiger partial charge is 0.233 e. The van der Waals surface area contributed by atoms with Gasteiger partial charge in [0.2, 0.25) is 5.52 Å². The van der Waals surface area contributed by atoms with Gasteiger partial charge in [-0.1, -0.05) is 0 Å². The van der Waals surface area contributed by atoms with Gasteiger partial charge >= 0.3 is 0 Å². The molecule has 5 heteroatoms. The highest BCUT2D eigenvalue weighted by Crippen LogP contribution is 2.27. The van der Waals surface area contributed by atoms with Gasteiger partial charge in [0.1, 0.15) is 36.9 Å². The normalized spacial score (nSPS) is 9.30. The van der Waals surface area contributed by atoms with Crippen molar-refractivity contribution in [3.05, 3.63) is 40.1 Å². The third-order valence-electron chi connectivity index (χ3n) is 3.31. The van der Waals surface area contributed by atoms with E-state index >= 15 is 0 Å². The van der Waals surface area contributed by atoms with Gasteiger partial charge in [0, 0.05) is 13.0 Å². The number of nitrogens with zero attached hydrogens (tertiary/aromatic N) is 5. The monoisotopic (exact) mass is 258 g/mol. The highest BCUT2D eigenvalue weighted by Gasteiger charge is 2.25. The van der Waals surface area contributed by atoms with Crippen molar-refractivity contribution in [1.82, 2.24) is 0 Å². The molecule has 0 aliphatic carbocycles. The number of aryl methyl sites for hydroxylation is 2. The molecule has 2 aromatic rings. The second-order valence-electron chi connectivity index (χ2n) is 4.24. The third-order valence-corrected chi connectivity index (χ3v) is 3.31. The molecule has 2 rings (SSSR count). The summed E-state index contributed by atoms with van der Waals surface area (Å²) in [7, 11) is 1.76. The van der Waals surface area contributed by atoms with Gasteiger partial charge in [-0.05, 0) is 6.07 Å². The summed E-state index contributed by atoms with van der Waals surface area (Å²) in [5, 5.41) is 37.6. The first-order valence-corrected chi connectivity index (χ1v) is 5.70. The van der Waals surface area contributed by atoms with Crippen LogP contribution in [0.1, 0.15) is 27.9 Å². The van der Waals surface area contributed by atoms with E-state index in [4.69, 9.17) is 0 Å². The highest BCUT2D eigenvalue weighted by molar-refractivity contribution is 5.92. The zero-order valence-electron chi connectivity index (χ0n) is 10.9. The summed E-state index contributed by atoms with van der Waals surface area (Å²) >= 11 is 0. The lowest BCUT2D eigenvalue weighted by molar-refractivity contribution is -0.651. The molecule has 0 aliphatic rings. The van der Waals surface area contributed by atoms with E-state index in [1.165, 1.54) is 0 Å². The summed E-state index contributed by atoms with van der Waals surface area (Å²) in [5.74, 6) is 0. The van der Waals surface area contributed by atoms with Crippen molar-refractivity contribution in [2.24, 2.45) is 7.05 Å². The van der Waals surface area contributed by atoms with Crippen molar-refractivity contribution in [2.75, 3.05) is 0 Å². The zero-order chi connectivity index (χ0) is 14.9. The van der Waals surface area contributed by atoms with Gasteiger partial charge in [-0.3, -0.25) is 0 Å². The van der Waals surface area contributed by atoms with Gasteiger partial charge in [-0.2, -0.15) is 25.6 Å². The lowest BCUT2D eigenvalue weighted by Gasteiger charge is -2.06. The highest BCUT2D eigenvalue weighted by atomic mass is 14.9. The lowest BCUT2D eigenvalue weighted by atomic mass is 9.93. The molecule has 0 unspecified atom stereocenters. The minimum atomic E-state index is -0.0414. The van der Waals surface area contributed by atoms with Crippen molar-refractivity contribution < 1.29 is 4.57 Å². The van der Waals surface area contributed by atoms with E-state index in [0.717, 1.165) is 5.69 Å². The standard InChI is InChI=1S/C15H8N5/c1-9-3-4-10-11(5-16)12(6-17)13(7-18)14(8-19)15(10)20(9)2/h3-4H,1-2H3/q+1. The summed E-state index contributed by atoms with van der Waals surface area (Å²) in [6.07, 6.45) is 0. The Labute approximate surface area is 115 Å². The zero-order valence-corrected chi connectivity index (χ0v) is 10.9. The quantitative estimate of drug-likeness (QED) is 0.668. The predicted molar refractivity (Wildman–Crippen MR) is 68.7 cm³/mol. The predicted octanol–water partition coefficient (Wildman–Crippen LogP) is 1.46. The summed E-state index contributed by atoms with van der Waals surface area (Å²) < 4.78 is 1.75. The maximum Gasteiger partial charge on any atom is 0.233 e. The lowest BCUT2D eigenvalue weighted by Crippen LogP contribution is -2.34. The van der Waals surface area contributed by atoms with Crippen molar-refractivity contribution >= 4 is 10.9 Å². The molecule has 0 aliphatic heterocycles. The number of benzene rings is 1. The first-order chi connectivity index (χ1) is 9.60. The molecule has 0 N–H and O–H groups in total. The van der Waals surface area contributed by atoms with Gasteiger partial charge in [-0.15, -0.1) is 0 Å². The van der Waals surface area contributed by atoms with Crippen LogP contribution in [0.5, 0.6) is 0 Å². The number of rotatable bonds is 0. The van der Waals surface area contributed by atoms with Crippen LogP contribution in [0.15, 0.2) is 12.1 Å². The minimum Gasteiger partial charge on any atom is -0.197 e. The third kappa shape index (κ3) is 1.56. The van der Waals surface area contributed by atoms with Crippen LogP contribution >= 0.6 is 0 Å². The Bertz CT molecular complexity index is 911. The molecule has 0 saturated heterocycles. The molecule has 5 nitrogen and oxygen atoms in total. The molecule has 1 aromatic heterocycles. The molecule has 20 heavy (non-hydrogen) atoms. The first kappa shape index (κ1) is 13.0. The smallest absolute Gasteiger partial charge is 0.197 e. The van der Waals surface area contributed by atoms with Crippen LogP contribution < -0.4 is 4.57 Å². The molecule has 1 aromatic carbocycles. The Balaban J connectivity index is 3.29. The summed E-state index contributed by atoms with van der Waals surface area (Å²) in [4.78, 5) is 0. The van der Waals surface area contributed by atoms with E-state index < -0.39 is 0 Å². The van der Waals surface area contributed by atoms with Crippen LogP contribution in [0.3, 0.4) is 0 Å². The minimum absolute atomic E-state index is 0.0390. The first-order valence-electron chi connectivity index (χ1n) is 5.70. The molecular formula is C15H8N5+. The molecule has 0 amide bonds. The van der Waals surface area contributed by atoms with Crippen molar-refractivity contribution in [3.63, 3.8) is 0 Å². The Morgan fingerprint density at radius 1 is 0.800 bits per heavy atom. The molecular weight excluding hydrogens is 250 g/mol. The number of aromatic nitrogens is 1. The molecule has 0 fully saturated rings. The number of fused-ring (bicyclic) bond motifs is 1. The fraction of sp³-hybridized carbons (Fsp3) is 0.133. The molecule has 0 bridgehead atoms. The Kier molecular flexibility index (Phi) is 3.06. The van der Waals surface area contributed by atoms with Crippen LogP contribution in [0.4, 0.5) is 0 Å². The van der Waals surface area contributed by atoms with E-state index in [2.05, 4.69) is 0 Å². The Morgan fingerprint density at radius 3 is 1.80 bits per heavy atom. The number of pyridine rings is 1. The van der Waals surface area contributed by atoms with Crippen LogP contribution in [-0.4, -0.2) is 0 Å². The second kappa shape index (κ2) is 4.69. The van der Waals surface area contributed by atoms with Crippen LogP contribution in [0, 0.1) is 52.2 Å². The molecule has 0 spiro atoms. The van der Waals surface area contributed by atoms with E-state index in [9.17, 15) is 21.0 Å². The van der Waals surface area contributed by atoms with Gasteiger partial charge in [0.15, 0.2) is 5.69 Å². The van der Waals surface area contributed by atoms with Crippen molar-refractivity contribution in [3.8, 4) is 24.3 Å². The molecule has 0 atom stereocenters. The average molecular weight is 258 g/mol. The fourth-order valence-corrected chi connectivity index (χ4v) is 2.21. The van der Waals surface area contributed by atoms with Gasteiger partial charge in [-0.25, -0.2) is 0 Å². The molecule has 0 saturated carbocycles. The maximum atomic E-state index is 9.34. The molecule has 92 valence electrons. The van der Waals surface area contributed by atoms with Crippen molar-refractivity contribution in [1.29, 1.82) is 21.0 Å². The number of nitriles is 4. The maximum absolute atomic E-state index is 9.34. The number of hydrogen-bond donors (Lipinski definition) is 0. The topological polar surface area (TPSA) is 99.0 Å². The van der Waals surface area contributed by atoms with Crippen LogP contribution in [0.2, 0.25) is 0 Å². The second-order valence-corrected chi connectivity index (χ2v) is 4.24. The van der Waals surface area contributed by atoms with Crippen LogP contribution in [0.25, 0.3) is 10.9 Å². The summed E-state index contributed by atoms with van der Waals surface area (Å²) in [5.41, 5.74) is 1.56. The SMILES string of the molecule is Cc1ccc2c(C#N)c(C#N)c(C#N)c(C#N)c2[n+]1C. The molecule has 1 heterocycles. The van der Waals surface area contributed by atoms with Crippen LogP contribution in [-0.2, 0) is 7.05 Å². The number of hydrogen-bond acceptors (Lipinski definition) is 4. The van der Waals surface area contributed by atoms with Crippen molar-refractivity contribution in [2.45, 2.75) is 6.92 Å². The summed E-state index contributed by atoms with van der Waals surface area (Å²) in [6.45, 7) is 1.86. The Hall–Kier alpha value is -3.41.